The molecule has 0 bridgehead atoms. The number of anilines is 1. The molecule has 20 heavy (non-hydrogen) atoms. The molecule has 1 rings (SSSR count). The normalized spacial score (nSPS) is 12.4. The highest BCUT2D eigenvalue weighted by Gasteiger charge is 2.11. The van der Waals surface area contributed by atoms with Crippen LogP contribution < -0.4 is 10.2 Å². The fourth-order valence-corrected chi connectivity index (χ4v) is 2.15. The van der Waals surface area contributed by atoms with E-state index >= 15 is 0 Å². The lowest BCUT2D eigenvalue weighted by Crippen LogP contribution is -2.22. The first-order valence-corrected chi connectivity index (χ1v) is 7.33. The zero-order chi connectivity index (χ0) is 15.0. The molecule has 0 amide bonds. The Morgan fingerprint density at radius 1 is 1.40 bits per heavy atom. The molecule has 0 saturated heterocycles. The summed E-state index contributed by atoms with van der Waals surface area (Å²) in [5.41, 5.74) is 1.64. The van der Waals surface area contributed by atoms with Gasteiger partial charge in [-0.3, -0.25) is 0 Å². The summed E-state index contributed by atoms with van der Waals surface area (Å²) in [7, 11) is 3.59. The Morgan fingerprint density at radius 3 is 2.75 bits per heavy atom. The minimum absolute atomic E-state index is 0.160. The number of ether oxygens (including phenoxy) is 1. The Labute approximate surface area is 122 Å². The molecule has 0 spiro atoms. The van der Waals surface area contributed by atoms with Crippen molar-refractivity contribution in [2.75, 3.05) is 38.8 Å². The molecule has 0 aliphatic carbocycles. The molecule has 1 N–H and O–H groups in total. The van der Waals surface area contributed by atoms with Gasteiger partial charge in [0, 0.05) is 33.4 Å². The van der Waals surface area contributed by atoms with Gasteiger partial charge in [-0.2, -0.15) is 0 Å². The van der Waals surface area contributed by atoms with Crippen LogP contribution in [0.3, 0.4) is 0 Å². The standard InChI is InChI=1S/C16H27FN2O/c1-5-9-18-13(2)14-7-8-16(15(17)12-14)19(3)10-6-11-20-4/h7-8,12-13,18H,5-6,9-11H2,1-4H3. The van der Waals surface area contributed by atoms with Gasteiger partial charge < -0.3 is 15.0 Å². The molecule has 1 atom stereocenters. The molecule has 0 saturated carbocycles. The van der Waals surface area contributed by atoms with Gasteiger partial charge in [0.15, 0.2) is 0 Å². The van der Waals surface area contributed by atoms with Crippen LogP contribution in [0.1, 0.15) is 38.3 Å². The van der Waals surface area contributed by atoms with Crippen LogP contribution in [0.4, 0.5) is 10.1 Å². The van der Waals surface area contributed by atoms with Crippen molar-refractivity contribution in [2.45, 2.75) is 32.7 Å². The van der Waals surface area contributed by atoms with Gasteiger partial charge in [-0.05, 0) is 44.0 Å². The van der Waals surface area contributed by atoms with Gasteiger partial charge in [0.05, 0.1) is 5.69 Å². The summed E-state index contributed by atoms with van der Waals surface area (Å²) in [5.74, 6) is -0.160. The van der Waals surface area contributed by atoms with Gasteiger partial charge in [0.1, 0.15) is 5.82 Å². The lowest BCUT2D eigenvalue weighted by atomic mass is 10.1. The fourth-order valence-electron chi connectivity index (χ4n) is 2.15. The first-order chi connectivity index (χ1) is 9.60. The van der Waals surface area contributed by atoms with Crippen molar-refractivity contribution in [3.8, 4) is 0 Å². The van der Waals surface area contributed by atoms with Crippen LogP contribution in [0, 0.1) is 5.82 Å². The quantitative estimate of drug-likeness (QED) is 0.703. The molecule has 0 radical (unpaired) electrons. The van der Waals surface area contributed by atoms with E-state index in [2.05, 4.69) is 19.2 Å². The minimum atomic E-state index is -0.160. The van der Waals surface area contributed by atoms with E-state index in [0.717, 1.165) is 31.5 Å². The zero-order valence-electron chi connectivity index (χ0n) is 13.1. The molecule has 0 fully saturated rings. The van der Waals surface area contributed by atoms with Crippen molar-refractivity contribution >= 4 is 5.69 Å². The van der Waals surface area contributed by atoms with Crippen molar-refractivity contribution in [3.05, 3.63) is 29.6 Å². The van der Waals surface area contributed by atoms with Crippen LogP contribution in [0.25, 0.3) is 0 Å². The van der Waals surface area contributed by atoms with Crippen LogP contribution in [0.5, 0.6) is 0 Å². The highest BCUT2D eigenvalue weighted by molar-refractivity contribution is 5.48. The van der Waals surface area contributed by atoms with E-state index in [-0.39, 0.29) is 11.9 Å². The van der Waals surface area contributed by atoms with Gasteiger partial charge >= 0.3 is 0 Å². The smallest absolute Gasteiger partial charge is 0.146 e. The van der Waals surface area contributed by atoms with E-state index in [4.69, 9.17) is 4.74 Å². The van der Waals surface area contributed by atoms with Crippen LogP contribution in [-0.2, 0) is 4.74 Å². The number of hydrogen-bond acceptors (Lipinski definition) is 3. The SMILES string of the molecule is CCCNC(C)c1ccc(N(C)CCCOC)c(F)c1. The number of benzene rings is 1. The molecule has 4 heteroatoms. The monoisotopic (exact) mass is 282 g/mol. The first kappa shape index (κ1) is 16.9. The van der Waals surface area contributed by atoms with E-state index in [1.165, 1.54) is 0 Å². The lowest BCUT2D eigenvalue weighted by molar-refractivity contribution is 0.196. The molecule has 0 aromatic heterocycles. The van der Waals surface area contributed by atoms with Crippen molar-refractivity contribution in [1.29, 1.82) is 0 Å². The predicted molar refractivity (Wildman–Crippen MR) is 82.9 cm³/mol. The van der Waals surface area contributed by atoms with Crippen LogP contribution in [-0.4, -0.2) is 33.9 Å². The van der Waals surface area contributed by atoms with Gasteiger partial charge in [-0.25, -0.2) is 4.39 Å². The highest BCUT2D eigenvalue weighted by Crippen LogP contribution is 2.22. The largest absolute Gasteiger partial charge is 0.385 e. The van der Waals surface area contributed by atoms with E-state index in [9.17, 15) is 4.39 Å². The first-order valence-electron chi connectivity index (χ1n) is 7.33. The van der Waals surface area contributed by atoms with Crippen LogP contribution in [0.2, 0.25) is 0 Å². The van der Waals surface area contributed by atoms with Crippen LogP contribution >= 0.6 is 0 Å². The van der Waals surface area contributed by atoms with Gasteiger partial charge in [0.2, 0.25) is 0 Å². The summed E-state index contributed by atoms with van der Waals surface area (Å²) in [6, 6.07) is 5.67. The molecule has 3 nitrogen and oxygen atoms in total. The molecule has 1 aromatic carbocycles. The molecular formula is C16H27FN2O. The summed E-state index contributed by atoms with van der Waals surface area (Å²) < 4.78 is 19.2. The third-order valence-corrected chi connectivity index (χ3v) is 3.43. The molecule has 1 unspecified atom stereocenters. The molecule has 1 aromatic rings. The van der Waals surface area contributed by atoms with Crippen molar-refractivity contribution in [2.24, 2.45) is 0 Å². The zero-order valence-corrected chi connectivity index (χ0v) is 13.1. The summed E-state index contributed by atoms with van der Waals surface area (Å²) in [4.78, 5) is 1.93. The maximum Gasteiger partial charge on any atom is 0.146 e. The van der Waals surface area contributed by atoms with Crippen molar-refractivity contribution in [1.82, 2.24) is 5.32 Å². The number of nitrogens with one attached hydrogen (secondary N) is 1. The van der Waals surface area contributed by atoms with E-state index < -0.39 is 0 Å². The number of nitrogens with zero attached hydrogens (tertiary/aromatic N) is 1. The average molecular weight is 282 g/mol. The van der Waals surface area contributed by atoms with Gasteiger partial charge in [0.25, 0.3) is 0 Å². The summed E-state index contributed by atoms with van der Waals surface area (Å²) in [6.07, 6.45) is 1.97. The maximum atomic E-state index is 14.2. The number of rotatable bonds is 9. The van der Waals surface area contributed by atoms with Crippen molar-refractivity contribution in [3.63, 3.8) is 0 Å². The lowest BCUT2D eigenvalue weighted by Gasteiger charge is -2.21. The summed E-state index contributed by atoms with van der Waals surface area (Å²) >= 11 is 0. The summed E-state index contributed by atoms with van der Waals surface area (Å²) in [6.45, 7) is 6.61. The third-order valence-electron chi connectivity index (χ3n) is 3.43. The Kier molecular flexibility index (Phi) is 7.55. The van der Waals surface area contributed by atoms with E-state index in [1.54, 1.807) is 13.2 Å². The Bertz CT molecular complexity index is 398. The molecule has 114 valence electrons. The Hall–Kier alpha value is -1.13. The molecule has 0 heterocycles. The second-order valence-corrected chi connectivity index (χ2v) is 5.15. The maximum absolute atomic E-state index is 14.2. The summed E-state index contributed by atoms with van der Waals surface area (Å²) in [5, 5.41) is 3.37. The van der Waals surface area contributed by atoms with Gasteiger partial charge in [-0.15, -0.1) is 0 Å². The van der Waals surface area contributed by atoms with Gasteiger partial charge in [-0.1, -0.05) is 13.0 Å². The Morgan fingerprint density at radius 2 is 2.15 bits per heavy atom. The second kappa shape index (κ2) is 8.93. The minimum Gasteiger partial charge on any atom is -0.385 e. The molecule has 0 aliphatic rings. The second-order valence-electron chi connectivity index (χ2n) is 5.15. The predicted octanol–water partition coefficient (Wildman–Crippen LogP) is 3.36. The molecular weight excluding hydrogens is 255 g/mol. The van der Waals surface area contributed by atoms with E-state index in [1.807, 2.05) is 24.1 Å². The topological polar surface area (TPSA) is 24.5 Å². The van der Waals surface area contributed by atoms with Crippen molar-refractivity contribution < 1.29 is 9.13 Å². The highest BCUT2D eigenvalue weighted by atomic mass is 19.1. The molecule has 0 aliphatic heterocycles. The number of halogens is 1. The van der Waals surface area contributed by atoms with Crippen LogP contribution in [0.15, 0.2) is 18.2 Å². The third kappa shape index (κ3) is 5.10. The number of methoxy groups -OCH3 is 1. The average Bonchev–Trinajstić information content (AvgIpc) is 2.44. The Balaban J connectivity index is 2.67. The fraction of sp³-hybridized carbons (Fsp3) is 0.625. The van der Waals surface area contributed by atoms with E-state index in [0.29, 0.717) is 12.3 Å². The number of hydrogen-bond donors (Lipinski definition) is 1.